The minimum atomic E-state index is -0.647. The van der Waals surface area contributed by atoms with Crippen LogP contribution in [-0.2, 0) is 27.9 Å². The van der Waals surface area contributed by atoms with Crippen LogP contribution in [0, 0.1) is 0 Å². The summed E-state index contributed by atoms with van der Waals surface area (Å²) in [4.78, 5) is 25.8. The number of nitrogens with zero attached hydrogens (tertiary/aromatic N) is 1. The highest BCUT2D eigenvalue weighted by molar-refractivity contribution is 5.85. The van der Waals surface area contributed by atoms with E-state index in [0.29, 0.717) is 13.2 Å². The number of pyridine rings is 1. The standard InChI is InChI=1S/C21H23NO3/c1-2-25-20(24)21-11-6-10-16-17(15-8-4-3-5-9-15)14-18(23)22(19(16)21)13-7-12-21/h3-5,8-9,14H,2,6-7,10-13H2,1H3. The van der Waals surface area contributed by atoms with Gasteiger partial charge in [0.25, 0.3) is 5.56 Å². The van der Waals surface area contributed by atoms with Crippen LogP contribution in [0.1, 0.15) is 43.9 Å². The lowest BCUT2D eigenvalue weighted by atomic mass is 9.67. The van der Waals surface area contributed by atoms with Crippen molar-refractivity contribution < 1.29 is 9.53 Å². The van der Waals surface area contributed by atoms with Crippen molar-refractivity contribution in [2.24, 2.45) is 0 Å². The van der Waals surface area contributed by atoms with Gasteiger partial charge < -0.3 is 9.30 Å². The zero-order chi connectivity index (χ0) is 17.4. The topological polar surface area (TPSA) is 48.3 Å². The molecule has 0 radical (unpaired) electrons. The molecule has 0 saturated carbocycles. The van der Waals surface area contributed by atoms with E-state index >= 15 is 0 Å². The molecular formula is C21H23NO3. The summed E-state index contributed by atoms with van der Waals surface area (Å²) in [6.45, 7) is 2.91. The van der Waals surface area contributed by atoms with Crippen molar-refractivity contribution in [3.63, 3.8) is 0 Å². The molecule has 0 N–H and O–H groups in total. The Morgan fingerprint density at radius 3 is 2.72 bits per heavy atom. The van der Waals surface area contributed by atoms with E-state index in [2.05, 4.69) is 0 Å². The first-order chi connectivity index (χ1) is 12.2. The van der Waals surface area contributed by atoms with E-state index in [-0.39, 0.29) is 11.5 Å². The number of aromatic nitrogens is 1. The first-order valence-electron chi connectivity index (χ1n) is 9.17. The predicted molar refractivity (Wildman–Crippen MR) is 96.6 cm³/mol. The number of ether oxygens (including phenoxy) is 1. The summed E-state index contributed by atoms with van der Waals surface area (Å²) in [5.74, 6) is -0.158. The van der Waals surface area contributed by atoms with Crippen LogP contribution in [0.5, 0.6) is 0 Å². The predicted octanol–water partition coefficient (Wildman–Crippen LogP) is 3.45. The molecule has 2 aliphatic rings. The molecule has 130 valence electrons. The van der Waals surface area contributed by atoms with Gasteiger partial charge in [-0.2, -0.15) is 0 Å². The molecule has 1 unspecified atom stereocenters. The molecule has 2 aromatic rings. The van der Waals surface area contributed by atoms with E-state index in [1.165, 1.54) is 0 Å². The minimum absolute atomic E-state index is 0.00660. The molecule has 1 aromatic heterocycles. The molecule has 1 aromatic carbocycles. The quantitative estimate of drug-likeness (QED) is 0.806. The van der Waals surface area contributed by atoms with Gasteiger partial charge in [-0.1, -0.05) is 30.3 Å². The number of rotatable bonds is 3. The average Bonchev–Trinajstić information content (AvgIpc) is 2.65. The SMILES string of the molecule is CCOC(=O)C12CCCc3c(-c4ccccc4)cc(=O)n(c31)CCC2. The summed E-state index contributed by atoms with van der Waals surface area (Å²) in [6, 6.07) is 11.8. The Hall–Kier alpha value is -2.36. The molecule has 0 bridgehead atoms. The smallest absolute Gasteiger partial charge is 0.318 e. The summed E-state index contributed by atoms with van der Waals surface area (Å²) in [5.41, 5.74) is 3.45. The maximum absolute atomic E-state index is 12.9. The van der Waals surface area contributed by atoms with Crippen LogP contribution in [-0.4, -0.2) is 17.1 Å². The van der Waals surface area contributed by atoms with Crippen molar-refractivity contribution >= 4 is 5.97 Å². The number of esters is 1. The monoisotopic (exact) mass is 337 g/mol. The average molecular weight is 337 g/mol. The highest BCUT2D eigenvalue weighted by atomic mass is 16.5. The molecule has 0 amide bonds. The Labute approximate surface area is 147 Å². The Balaban J connectivity index is 2.00. The van der Waals surface area contributed by atoms with E-state index < -0.39 is 5.41 Å². The minimum Gasteiger partial charge on any atom is -0.465 e. The molecule has 1 aliphatic carbocycles. The van der Waals surface area contributed by atoms with E-state index in [9.17, 15) is 9.59 Å². The van der Waals surface area contributed by atoms with E-state index in [4.69, 9.17) is 4.74 Å². The molecule has 0 saturated heterocycles. The number of carbonyl (C=O) groups excluding carboxylic acids is 1. The second-order valence-electron chi connectivity index (χ2n) is 7.00. The Morgan fingerprint density at radius 1 is 1.20 bits per heavy atom. The third-order valence-electron chi connectivity index (χ3n) is 5.63. The summed E-state index contributed by atoms with van der Waals surface area (Å²) in [5, 5.41) is 0. The lowest BCUT2D eigenvalue weighted by Crippen LogP contribution is -2.48. The van der Waals surface area contributed by atoms with Gasteiger partial charge in [-0.15, -0.1) is 0 Å². The Morgan fingerprint density at radius 2 is 1.96 bits per heavy atom. The molecular weight excluding hydrogens is 314 g/mol. The van der Waals surface area contributed by atoms with Crippen molar-refractivity contribution in [2.75, 3.05) is 6.61 Å². The molecule has 25 heavy (non-hydrogen) atoms. The van der Waals surface area contributed by atoms with E-state index in [1.807, 2.05) is 41.8 Å². The number of hydrogen-bond donors (Lipinski definition) is 0. The third-order valence-corrected chi connectivity index (χ3v) is 5.63. The summed E-state index contributed by atoms with van der Waals surface area (Å²) in [7, 11) is 0. The van der Waals surface area contributed by atoms with Gasteiger partial charge in [-0.25, -0.2) is 0 Å². The fraction of sp³-hybridized carbons (Fsp3) is 0.429. The van der Waals surface area contributed by atoms with Crippen molar-refractivity contribution in [3.8, 4) is 11.1 Å². The van der Waals surface area contributed by atoms with Crippen LogP contribution < -0.4 is 5.56 Å². The third kappa shape index (κ3) is 2.43. The summed E-state index contributed by atoms with van der Waals surface area (Å²) in [6.07, 6.45) is 4.24. The van der Waals surface area contributed by atoms with Crippen LogP contribution in [0.2, 0.25) is 0 Å². The van der Waals surface area contributed by atoms with Crippen molar-refractivity contribution in [3.05, 3.63) is 58.0 Å². The second kappa shape index (κ2) is 6.17. The summed E-state index contributed by atoms with van der Waals surface area (Å²) >= 11 is 0. The summed E-state index contributed by atoms with van der Waals surface area (Å²) < 4.78 is 7.29. The number of hydrogen-bond acceptors (Lipinski definition) is 3. The fourth-order valence-electron chi connectivity index (χ4n) is 4.62. The first-order valence-corrected chi connectivity index (χ1v) is 9.17. The lowest BCUT2D eigenvalue weighted by molar-refractivity contribution is -0.152. The zero-order valence-electron chi connectivity index (χ0n) is 14.6. The molecule has 0 spiro atoms. The van der Waals surface area contributed by atoms with Gasteiger partial charge in [0.2, 0.25) is 0 Å². The van der Waals surface area contributed by atoms with Gasteiger partial charge in [0.05, 0.1) is 6.61 Å². The molecule has 4 heteroatoms. The van der Waals surface area contributed by atoms with Gasteiger partial charge in [-0.05, 0) is 55.7 Å². The number of carbonyl (C=O) groups is 1. The van der Waals surface area contributed by atoms with Crippen molar-refractivity contribution in [1.29, 1.82) is 0 Å². The maximum atomic E-state index is 12.9. The van der Waals surface area contributed by atoms with Crippen molar-refractivity contribution in [1.82, 2.24) is 4.57 Å². The fourth-order valence-corrected chi connectivity index (χ4v) is 4.62. The van der Waals surface area contributed by atoms with E-state index in [1.54, 1.807) is 6.07 Å². The van der Waals surface area contributed by atoms with Gasteiger partial charge in [0, 0.05) is 18.3 Å². The Bertz CT molecular complexity index is 865. The van der Waals surface area contributed by atoms with Gasteiger partial charge in [0.15, 0.2) is 0 Å². The molecule has 2 heterocycles. The molecule has 4 nitrogen and oxygen atoms in total. The van der Waals surface area contributed by atoms with Crippen LogP contribution in [0.4, 0.5) is 0 Å². The van der Waals surface area contributed by atoms with Crippen LogP contribution >= 0.6 is 0 Å². The lowest BCUT2D eigenvalue weighted by Gasteiger charge is -2.42. The second-order valence-corrected chi connectivity index (χ2v) is 7.00. The van der Waals surface area contributed by atoms with Crippen LogP contribution in [0.15, 0.2) is 41.2 Å². The first kappa shape index (κ1) is 16.1. The number of benzene rings is 1. The normalized spacial score (nSPS) is 21.5. The van der Waals surface area contributed by atoms with Gasteiger partial charge in [-0.3, -0.25) is 9.59 Å². The molecule has 0 fully saturated rings. The van der Waals surface area contributed by atoms with Crippen LogP contribution in [0.25, 0.3) is 11.1 Å². The highest BCUT2D eigenvalue weighted by Crippen LogP contribution is 2.46. The van der Waals surface area contributed by atoms with Crippen molar-refractivity contribution in [2.45, 2.75) is 51.0 Å². The van der Waals surface area contributed by atoms with Gasteiger partial charge in [0.1, 0.15) is 5.41 Å². The largest absolute Gasteiger partial charge is 0.465 e. The molecule has 4 rings (SSSR count). The highest BCUT2D eigenvalue weighted by Gasteiger charge is 2.48. The van der Waals surface area contributed by atoms with Gasteiger partial charge >= 0.3 is 5.97 Å². The van der Waals surface area contributed by atoms with Crippen LogP contribution in [0.3, 0.4) is 0 Å². The maximum Gasteiger partial charge on any atom is 0.318 e. The zero-order valence-corrected chi connectivity index (χ0v) is 14.6. The molecule has 1 aliphatic heterocycles. The molecule has 1 atom stereocenters. The Kier molecular flexibility index (Phi) is 3.98. The van der Waals surface area contributed by atoms with E-state index in [0.717, 1.165) is 54.5 Å².